The molecule has 92 valence electrons. The summed E-state index contributed by atoms with van der Waals surface area (Å²) in [5.74, 6) is -1.39. The predicted molar refractivity (Wildman–Crippen MR) is 60.0 cm³/mol. The Balaban J connectivity index is 3.11. The summed E-state index contributed by atoms with van der Waals surface area (Å²) in [5.41, 5.74) is 0.0911. The molecule has 0 heterocycles. The lowest BCUT2D eigenvalue weighted by Crippen LogP contribution is -2.13. The Morgan fingerprint density at radius 1 is 1.06 bits per heavy atom. The fourth-order valence-corrected chi connectivity index (χ4v) is 1.30. The number of carbonyl (C=O) groups is 2. The summed E-state index contributed by atoms with van der Waals surface area (Å²) in [6, 6.07) is 3.83. The molecule has 1 N–H and O–H groups in total. The summed E-state index contributed by atoms with van der Waals surface area (Å²) in [7, 11) is 0. The Bertz CT molecular complexity index is 425. The van der Waals surface area contributed by atoms with E-state index >= 15 is 0 Å². The van der Waals surface area contributed by atoms with Crippen LogP contribution < -0.4 is 0 Å². The molecule has 0 radical (unpaired) electrons. The highest BCUT2D eigenvalue weighted by Crippen LogP contribution is 2.18. The van der Waals surface area contributed by atoms with Crippen molar-refractivity contribution >= 4 is 11.9 Å². The number of carbonyl (C=O) groups excluding carboxylic acids is 2. The van der Waals surface area contributed by atoms with Gasteiger partial charge in [0.1, 0.15) is 5.75 Å². The summed E-state index contributed by atoms with van der Waals surface area (Å²) in [5, 5.41) is 9.31. The lowest BCUT2D eigenvalue weighted by molar-refractivity contribution is 0.0478. The molecule has 0 saturated heterocycles. The zero-order valence-corrected chi connectivity index (χ0v) is 9.73. The number of rotatable bonds is 4. The maximum absolute atomic E-state index is 11.6. The van der Waals surface area contributed by atoms with E-state index in [0.29, 0.717) is 0 Å². The average Bonchev–Trinajstić information content (AvgIpc) is 2.29. The molecule has 1 rings (SSSR count). The molecule has 1 aromatic rings. The molecule has 0 aliphatic carbocycles. The van der Waals surface area contributed by atoms with Crippen molar-refractivity contribution < 1.29 is 24.2 Å². The summed E-state index contributed by atoms with van der Waals surface area (Å²) in [4.78, 5) is 23.2. The van der Waals surface area contributed by atoms with E-state index in [1.807, 2.05) is 0 Å². The minimum absolute atomic E-state index is 0.00491. The standard InChI is InChI=1S/C12H14O5/c1-3-16-11(14)9-6-5-8(13)7-10(9)12(15)17-4-2/h5-7,13H,3-4H2,1-2H3. The number of benzene rings is 1. The molecule has 0 bridgehead atoms. The smallest absolute Gasteiger partial charge is 0.339 e. The third-order valence-electron chi connectivity index (χ3n) is 1.99. The lowest BCUT2D eigenvalue weighted by Gasteiger charge is -2.08. The van der Waals surface area contributed by atoms with Gasteiger partial charge < -0.3 is 14.6 Å². The summed E-state index contributed by atoms with van der Waals surface area (Å²) >= 11 is 0. The number of hydrogen-bond acceptors (Lipinski definition) is 5. The molecule has 0 aliphatic heterocycles. The van der Waals surface area contributed by atoms with Gasteiger partial charge in [-0.1, -0.05) is 0 Å². The molecule has 0 fully saturated rings. The van der Waals surface area contributed by atoms with Crippen LogP contribution in [0.3, 0.4) is 0 Å². The number of aromatic hydroxyl groups is 1. The molecule has 17 heavy (non-hydrogen) atoms. The van der Waals surface area contributed by atoms with Crippen LogP contribution in [-0.2, 0) is 9.47 Å². The largest absolute Gasteiger partial charge is 0.508 e. The van der Waals surface area contributed by atoms with Gasteiger partial charge in [0.2, 0.25) is 0 Å². The molecule has 0 aromatic heterocycles. The van der Waals surface area contributed by atoms with Crippen LogP contribution >= 0.6 is 0 Å². The van der Waals surface area contributed by atoms with Crippen LogP contribution in [0, 0.1) is 0 Å². The Morgan fingerprint density at radius 2 is 1.59 bits per heavy atom. The zero-order chi connectivity index (χ0) is 12.8. The second-order valence-electron chi connectivity index (χ2n) is 3.17. The van der Waals surface area contributed by atoms with Gasteiger partial charge >= 0.3 is 11.9 Å². The number of phenolic OH excluding ortho intramolecular Hbond substituents is 1. The fraction of sp³-hybridized carbons (Fsp3) is 0.333. The summed E-state index contributed by atoms with van der Waals surface area (Å²) in [6.45, 7) is 3.73. The Labute approximate surface area is 99.0 Å². The number of esters is 2. The summed E-state index contributed by atoms with van der Waals surface area (Å²) in [6.07, 6.45) is 0. The van der Waals surface area contributed by atoms with Gasteiger partial charge in [-0.15, -0.1) is 0 Å². The van der Waals surface area contributed by atoms with Gasteiger partial charge in [0.25, 0.3) is 0 Å². The van der Waals surface area contributed by atoms with Gasteiger partial charge in [-0.05, 0) is 32.0 Å². The van der Waals surface area contributed by atoms with E-state index in [9.17, 15) is 14.7 Å². The van der Waals surface area contributed by atoms with Crippen LogP contribution in [0.25, 0.3) is 0 Å². The molecule has 0 unspecified atom stereocenters. The second-order valence-corrected chi connectivity index (χ2v) is 3.17. The van der Waals surface area contributed by atoms with Crippen LogP contribution in [0.5, 0.6) is 5.75 Å². The molecule has 0 saturated carbocycles. The van der Waals surface area contributed by atoms with Crippen molar-refractivity contribution in [2.45, 2.75) is 13.8 Å². The van der Waals surface area contributed by atoms with Crippen LogP contribution in [0.1, 0.15) is 34.6 Å². The minimum atomic E-state index is -0.661. The Hall–Kier alpha value is -2.04. The van der Waals surface area contributed by atoms with E-state index in [2.05, 4.69) is 0 Å². The van der Waals surface area contributed by atoms with Crippen molar-refractivity contribution in [3.63, 3.8) is 0 Å². The van der Waals surface area contributed by atoms with Crippen molar-refractivity contribution in [3.8, 4) is 5.75 Å². The van der Waals surface area contributed by atoms with Crippen molar-refractivity contribution in [3.05, 3.63) is 29.3 Å². The van der Waals surface area contributed by atoms with E-state index in [4.69, 9.17) is 9.47 Å². The molecule has 0 atom stereocenters. The molecule has 1 aromatic carbocycles. The quantitative estimate of drug-likeness (QED) is 0.809. The molecule has 0 spiro atoms. The highest BCUT2D eigenvalue weighted by atomic mass is 16.5. The normalized spacial score (nSPS) is 9.76. The van der Waals surface area contributed by atoms with Crippen molar-refractivity contribution in [1.29, 1.82) is 0 Å². The first kappa shape index (κ1) is 13.0. The molecule has 5 nitrogen and oxygen atoms in total. The Morgan fingerprint density at radius 3 is 2.12 bits per heavy atom. The van der Waals surface area contributed by atoms with Crippen LogP contribution in [-0.4, -0.2) is 30.3 Å². The fourth-order valence-electron chi connectivity index (χ4n) is 1.30. The van der Waals surface area contributed by atoms with Gasteiger partial charge in [-0.3, -0.25) is 0 Å². The molecule has 0 amide bonds. The first-order chi connectivity index (χ1) is 8.10. The van der Waals surface area contributed by atoms with Crippen LogP contribution in [0.2, 0.25) is 0 Å². The van der Waals surface area contributed by atoms with E-state index < -0.39 is 11.9 Å². The van der Waals surface area contributed by atoms with Gasteiger partial charge in [-0.25, -0.2) is 9.59 Å². The maximum atomic E-state index is 11.6. The van der Waals surface area contributed by atoms with E-state index in [1.165, 1.54) is 18.2 Å². The predicted octanol–water partition coefficient (Wildman–Crippen LogP) is 1.75. The molecular formula is C12H14O5. The average molecular weight is 238 g/mol. The van der Waals surface area contributed by atoms with Crippen molar-refractivity contribution in [2.75, 3.05) is 13.2 Å². The number of ether oxygens (including phenoxy) is 2. The molecular weight excluding hydrogens is 224 g/mol. The number of phenols is 1. The SMILES string of the molecule is CCOC(=O)c1ccc(O)cc1C(=O)OCC. The van der Waals surface area contributed by atoms with Crippen molar-refractivity contribution in [2.24, 2.45) is 0 Å². The van der Waals surface area contributed by atoms with Crippen molar-refractivity contribution in [1.82, 2.24) is 0 Å². The van der Waals surface area contributed by atoms with Gasteiger partial charge in [0.15, 0.2) is 0 Å². The van der Waals surface area contributed by atoms with Gasteiger partial charge in [0.05, 0.1) is 24.3 Å². The second kappa shape index (κ2) is 5.89. The van der Waals surface area contributed by atoms with E-state index in [1.54, 1.807) is 13.8 Å². The molecule has 0 aliphatic rings. The third kappa shape index (κ3) is 3.21. The van der Waals surface area contributed by atoms with Gasteiger partial charge in [-0.2, -0.15) is 0 Å². The van der Waals surface area contributed by atoms with E-state index in [-0.39, 0.29) is 30.1 Å². The lowest BCUT2D eigenvalue weighted by atomic mass is 10.1. The minimum Gasteiger partial charge on any atom is -0.508 e. The zero-order valence-electron chi connectivity index (χ0n) is 9.73. The summed E-state index contributed by atoms with van der Waals surface area (Å²) < 4.78 is 9.60. The third-order valence-corrected chi connectivity index (χ3v) is 1.99. The first-order valence-corrected chi connectivity index (χ1v) is 5.27. The van der Waals surface area contributed by atoms with Gasteiger partial charge in [0, 0.05) is 0 Å². The monoisotopic (exact) mass is 238 g/mol. The first-order valence-electron chi connectivity index (χ1n) is 5.27. The molecule has 5 heteroatoms. The highest BCUT2D eigenvalue weighted by Gasteiger charge is 2.19. The Kier molecular flexibility index (Phi) is 4.51. The maximum Gasteiger partial charge on any atom is 0.339 e. The topological polar surface area (TPSA) is 72.8 Å². The van der Waals surface area contributed by atoms with Crippen LogP contribution in [0.15, 0.2) is 18.2 Å². The van der Waals surface area contributed by atoms with Crippen LogP contribution in [0.4, 0.5) is 0 Å². The van der Waals surface area contributed by atoms with E-state index in [0.717, 1.165) is 0 Å². The number of hydrogen-bond donors (Lipinski definition) is 1. The highest BCUT2D eigenvalue weighted by molar-refractivity contribution is 6.03.